The first-order chi connectivity index (χ1) is 13.2. The highest BCUT2D eigenvalue weighted by Crippen LogP contribution is 2.35. The fourth-order valence-corrected chi connectivity index (χ4v) is 3.26. The molecule has 0 saturated heterocycles. The van der Waals surface area contributed by atoms with Gasteiger partial charge >= 0.3 is 0 Å². The van der Waals surface area contributed by atoms with Crippen molar-refractivity contribution in [3.63, 3.8) is 0 Å². The van der Waals surface area contributed by atoms with E-state index in [1.165, 1.54) is 5.56 Å². The first-order valence-corrected chi connectivity index (χ1v) is 9.25. The van der Waals surface area contributed by atoms with Gasteiger partial charge in [0, 0.05) is 17.0 Å². The zero-order chi connectivity index (χ0) is 19.1. The summed E-state index contributed by atoms with van der Waals surface area (Å²) in [6, 6.07) is 26.0. The number of nitrogens with two attached hydrogens (primary N) is 1. The summed E-state index contributed by atoms with van der Waals surface area (Å²) in [5.74, 6) is 0.929. The summed E-state index contributed by atoms with van der Waals surface area (Å²) in [5.41, 5.74) is 9.89. The second-order valence-electron chi connectivity index (χ2n) is 6.62. The van der Waals surface area contributed by atoms with Crippen molar-refractivity contribution in [2.45, 2.75) is 25.9 Å². The van der Waals surface area contributed by atoms with Gasteiger partial charge in [-0.3, -0.25) is 4.79 Å². The SMILES string of the molecule is CC(=O)c1ccc(OCc2ccccc2)c([C@H](CCN)c2ccccc2)c1. The van der Waals surface area contributed by atoms with Crippen LogP contribution in [0, 0.1) is 0 Å². The van der Waals surface area contributed by atoms with E-state index in [0.29, 0.717) is 18.7 Å². The van der Waals surface area contributed by atoms with Crippen molar-refractivity contribution in [3.05, 3.63) is 101 Å². The second kappa shape index (κ2) is 9.15. The molecule has 0 radical (unpaired) electrons. The van der Waals surface area contributed by atoms with Crippen molar-refractivity contribution in [2.24, 2.45) is 5.73 Å². The largest absolute Gasteiger partial charge is 0.489 e. The number of ether oxygens (including phenoxy) is 1. The van der Waals surface area contributed by atoms with E-state index in [4.69, 9.17) is 10.5 Å². The Labute approximate surface area is 160 Å². The molecule has 0 spiro atoms. The molecule has 0 amide bonds. The highest BCUT2D eigenvalue weighted by atomic mass is 16.5. The van der Waals surface area contributed by atoms with Crippen LogP contribution in [0.15, 0.2) is 78.9 Å². The molecule has 27 heavy (non-hydrogen) atoms. The molecule has 0 heterocycles. The number of carbonyl (C=O) groups is 1. The molecular weight excluding hydrogens is 334 g/mol. The normalized spacial score (nSPS) is 11.8. The van der Waals surface area contributed by atoms with Gasteiger partial charge in [0.2, 0.25) is 0 Å². The molecule has 138 valence electrons. The van der Waals surface area contributed by atoms with Crippen molar-refractivity contribution in [2.75, 3.05) is 6.54 Å². The van der Waals surface area contributed by atoms with Crippen LogP contribution in [0.3, 0.4) is 0 Å². The summed E-state index contributed by atoms with van der Waals surface area (Å²) >= 11 is 0. The molecule has 3 nitrogen and oxygen atoms in total. The van der Waals surface area contributed by atoms with Crippen LogP contribution < -0.4 is 10.5 Å². The number of Topliss-reactive ketones (excluding diaryl/α,β-unsaturated/α-hetero) is 1. The maximum Gasteiger partial charge on any atom is 0.159 e. The topological polar surface area (TPSA) is 52.3 Å². The Hall–Kier alpha value is -2.91. The Morgan fingerprint density at radius 2 is 1.63 bits per heavy atom. The minimum Gasteiger partial charge on any atom is -0.489 e. The summed E-state index contributed by atoms with van der Waals surface area (Å²) in [5, 5.41) is 0. The van der Waals surface area contributed by atoms with Gasteiger partial charge in [-0.05, 0) is 49.2 Å². The van der Waals surface area contributed by atoms with Crippen molar-refractivity contribution in [3.8, 4) is 5.75 Å². The van der Waals surface area contributed by atoms with Crippen LogP contribution in [0.25, 0.3) is 0 Å². The number of rotatable bonds is 8. The number of ketones is 1. The van der Waals surface area contributed by atoms with Crippen molar-refractivity contribution in [1.29, 1.82) is 0 Å². The molecule has 0 bridgehead atoms. The maximum absolute atomic E-state index is 11.9. The smallest absolute Gasteiger partial charge is 0.159 e. The number of benzene rings is 3. The highest BCUT2D eigenvalue weighted by Gasteiger charge is 2.19. The van der Waals surface area contributed by atoms with E-state index < -0.39 is 0 Å². The minimum atomic E-state index is 0.0467. The van der Waals surface area contributed by atoms with Crippen LogP contribution in [0.1, 0.15) is 46.3 Å². The van der Waals surface area contributed by atoms with Crippen molar-refractivity contribution < 1.29 is 9.53 Å². The lowest BCUT2D eigenvalue weighted by atomic mass is 9.86. The van der Waals surface area contributed by atoms with Crippen molar-refractivity contribution in [1.82, 2.24) is 0 Å². The van der Waals surface area contributed by atoms with Gasteiger partial charge in [0.05, 0.1) is 0 Å². The number of carbonyl (C=O) groups excluding carboxylic acids is 1. The summed E-state index contributed by atoms with van der Waals surface area (Å²) in [7, 11) is 0. The van der Waals surface area contributed by atoms with E-state index in [1.54, 1.807) is 6.92 Å². The lowest BCUT2D eigenvalue weighted by Crippen LogP contribution is -2.11. The Balaban J connectivity index is 1.98. The summed E-state index contributed by atoms with van der Waals surface area (Å²) in [4.78, 5) is 11.9. The van der Waals surface area contributed by atoms with Gasteiger partial charge in [-0.15, -0.1) is 0 Å². The molecule has 1 atom stereocenters. The maximum atomic E-state index is 11.9. The van der Waals surface area contributed by atoms with E-state index in [2.05, 4.69) is 12.1 Å². The monoisotopic (exact) mass is 359 g/mol. The molecule has 3 heteroatoms. The fourth-order valence-electron chi connectivity index (χ4n) is 3.26. The third kappa shape index (κ3) is 4.83. The number of hydrogen-bond acceptors (Lipinski definition) is 3. The van der Waals surface area contributed by atoms with Crippen LogP contribution in [0.4, 0.5) is 0 Å². The van der Waals surface area contributed by atoms with Gasteiger partial charge in [0.25, 0.3) is 0 Å². The first kappa shape index (κ1) is 18.9. The van der Waals surface area contributed by atoms with Gasteiger partial charge in [0.15, 0.2) is 5.78 Å². The molecule has 3 rings (SSSR count). The van der Waals surface area contributed by atoms with Crippen LogP contribution in [-0.2, 0) is 6.61 Å². The van der Waals surface area contributed by atoms with Crippen molar-refractivity contribution >= 4 is 5.78 Å². The lowest BCUT2D eigenvalue weighted by molar-refractivity contribution is 0.101. The van der Waals surface area contributed by atoms with Gasteiger partial charge in [-0.1, -0.05) is 60.7 Å². The second-order valence-corrected chi connectivity index (χ2v) is 6.62. The predicted molar refractivity (Wildman–Crippen MR) is 109 cm³/mol. The molecule has 0 saturated carbocycles. The van der Waals surface area contributed by atoms with Gasteiger partial charge in [-0.25, -0.2) is 0 Å². The molecule has 0 aliphatic rings. The van der Waals surface area contributed by atoms with E-state index >= 15 is 0 Å². The lowest BCUT2D eigenvalue weighted by Gasteiger charge is -2.21. The molecule has 3 aromatic rings. The summed E-state index contributed by atoms with van der Waals surface area (Å²) in [6.45, 7) is 2.63. The van der Waals surface area contributed by atoms with Gasteiger partial charge < -0.3 is 10.5 Å². The number of hydrogen-bond donors (Lipinski definition) is 1. The molecule has 0 aliphatic carbocycles. The van der Waals surface area contributed by atoms with Gasteiger partial charge in [0.1, 0.15) is 12.4 Å². The zero-order valence-electron chi connectivity index (χ0n) is 15.6. The van der Waals surface area contributed by atoms with E-state index in [0.717, 1.165) is 23.3 Å². The van der Waals surface area contributed by atoms with Crippen LogP contribution >= 0.6 is 0 Å². The summed E-state index contributed by atoms with van der Waals surface area (Å²) < 4.78 is 6.15. The van der Waals surface area contributed by atoms with E-state index in [-0.39, 0.29) is 11.7 Å². The standard InChI is InChI=1S/C24H25NO2/c1-18(26)21-12-13-24(27-17-19-8-4-2-5-9-19)23(16-21)22(14-15-25)20-10-6-3-7-11-20/h2-13,16,22H,14-15,17,25H2,1H3/t22-/m1/s1. The first-order valence-electron chi connectivity index (χ1n) is 9.25. The molecule has 3 aromatic carbocycles. The Bertz CT molecular complexity index is 875. The quantitative estimate of drug-likeness (QED) is 0.579. The Kier molecular flexibility index (Phi) is 6.39. The van der Waals surface area contributed by atoms with Gasteiger partial charge in [-0.2, -0.15) is 0 Å². The molecular formula is C24H25NO2. The minimum absolute atomic E-state index is 0.0467. The average Bonchev–Trinajstić information content (AvgIpc) is 2.72. The molecule has 0 aliphatic heterocycles. The van der Waals surface area contributed by atoms with Crippen LogP contribution in [0.5, 0.6) is 5.75 Å². The predicted octanol–water partition coefficient (Wildman–Crippen LogP) is 4.95. The summed E-state index contributed by atoms with van der Waals surface area (Å²) in [6.07, 6.45) is 0.785. The third-order valence-electron chi connectivity index (χ3n) is 4.69. The molecule has 0 aromatic heterocycles. The zero-order valence-corrected chi connectivity index (χ0v) is 15.6. The molecule has 0 unspecified atom stereocenters. The van der Waals surface area contributed by atoms with Crippen LogP contribution in [0.2, 0.25) is 0 Å². The Morgan fingerprint density at radius 3 is 2.26 bits per heavy atom. The van der Waals surface area contributed by atoms with E-state index in [9.17, 15) is 4.79 Å². The molecule has 0 fully saturated rings. The highest BCUT2D eigenvalue weighted by molar-refractivity contribution is 5.94. The average molecular weight is 359 g/mol. The fraction of sp³-hybridized carbons (Fsp3) is 0.208. The molecule has 2 N–H and O–H groups in total. The van der Waals surface area contributed by atoms with Crippen LogP contribution in [-0.4, -0.2) is 12.3 Å². The van der Waals surface area contributed by atoms with E-state index in [1.807, 2.05) is 66.7 Å². The third-order valence-corrected chi connectivity index (χ3v) is 4.69. The Morgan fingerprint density at radius 1 is 0.963 bits per heavy atom.